The van der Waals surface area contributed by atoms with E-state index < -0.39 is 0 Å². The van der Waals surface area contributed by atoms with E-state index in [1.165, 1.54) is 19.3 Å². The van der Waals surface area contributed by atoms with Gasteiger partial charge in [-0.3, -0.25) is 0 Å². The van der Waals surface area contributed by atoms with Crippen LogP contribution in [-0.4, -0.2) is 29.0 Å². The molecule has 0 heterocycles. The minimum Gasteiger partial charge on any atom is -0.0878 e. The first-order valence-electron chi connectivity index (χ1n) is 4.79. The Bertz CT molecular complexity index is 179. The summed E-state index contributed by atoms with van der Waals surface area (Å²) in [6.45, 7) is 0. The van der Waals surface area contributed by atoms with Crippen molar-refractivity contribution < 1.29 is 0 Å². The van der Waals surface area contributed by atoms with Crippen molar-refractivity contribution >= 4 is 95.6 Å². The van der Waals surface area contributed by atoms with Gasteiger partial charge in [0.15, 0.2) is 0 Å². The van der Waals surface area contributed by atoms with E-state index in [0.717, 1.165) is 0 Å². The molecule has 15 heavy (non-hydrogen) atoms. The summed E-state index contributed by atoms with van der Waals surface area (Å²) < 4.78 is 0. The third-order valence-electron chi connectivity index (χ3n) is 2.56. The minimum absolute atomic E-state index is 0.407. The molecule has 6 heteroatoms. The van der Waals surface area contributed by atoms with E-state index in [1.807, 2.05) is 0 Å². The van der Waals surface area contributed by atoms with Crippen molar-refractivity contribution in [1.29, 1.82) is 0 Å². The smallest absolute Gasteiger partial charge is 0.0418 e. The maximum atomic E-state index is 3.77. The molecule has 0 radical (unpaired) electrons. The highest BCUT2D eigenvalue weighted by Crippen LogP contribution is 2.39. The fourth-order valence-electron chi connectivity index (χ4n) is 1.58. The third-order valence-corrected chi connectivity index (χ3v) is 12.9. The topological polar surface area (TPSA) is 0 Å². The molecule has 0 aliphatic heterocycles. The number of hydrogen-bond donors (Lipinski definition) is 0. The molecule has 1 aliphatic carbocycles. The SMILES string of the molecule is BrC1CCCC(Br)C(Br)C(Br)C(Br)C1Br. The van der Waals surface area contributed by atoms with Crippen LogP contribution in [0.4, 0.5) is 0 Å². The highest BCUT2D eigenvalue weighted by Gasteiger charge is 2.36. The molecule has 0 nitrogen and oxygen atoms in total. The van der Waals surface area contributed by atoms with E-state index in [9.17, 15) is 0 Å². The maximum absolute atomic E-state index is 3.77. The predicted molar refractivity (Wildman–Crippen MR) is 90.1 cm³/mol. The standard InChI is InChI=1S/C9H12Br6/c10-4-2-1-3-5(11)7(13)9(15)8(14)6(4)12/h4-9H,1-3H2. The monoisotopic (exact) mass is 594 g/mol. The lowest BCUT2D eigenvalue weighted by Crippen LogP contribution is -2.37. The van der Waals surface area contributed by atoms with Crippen LogP contribution in [-0.2, 0) is 0 Å². The number of alkyl halides is 6. The molecule has 1 aliphatic rings. The summed E-state index contributed by atoms with van der Waals surface area (Å²) in [5, 5.41) is 0. The molecule has 0 bridgehead atoms. The van der Waals surface area contributed by atoms with E-state index in [2.05, 4.69) is 95.6 Å². The second-order valence-corrected chi connectivity index (χ2v) is 10.3. The van der Waals surface area contributed by atoms with Crippen LogP contribution >= 0.6 is 95.6 Å². The van der Waals surface area contributed by atoms with Gasteiger partial charge in [-0.1, -0.05) is 102 Å². The number of rotatable bonds is 0. The van der Waals surface area contributed by atoms with Crippen molar-refractivity contribution in [3.05, 3.63) is 0 Å². The highest BCUT2D eigenvalue weighted by molar-refractivity contribution is 9.15. The van der Waals surface area contributed by atoms with Crippen molar-refractivity contribution in [1.82, 2.24) is 0 Å². The molecule has 0 spiro atoms. The van der Waals surface area contributed by atoms with Crippen molar-refractivity contribution in [2.24, 2.45) is 0 Å². The summed E-state index contributed by atoms with van der Waals surface area (Å²) in [5.41, 5.74) is 0. The van der Waals surface area contributed by atoms with Crippen LogP contribution in [0.2, 0.25) is 0 Å². The van der Waals surface area contributed by atoms with Gasteiger partial charge in [-0.25, -0.2) is 0 Å². The molecular formula is C9H12Br6. The van der Waals surface area contributed by atoms with Crippen molar-refractivity contribution in [2.45, 2.75) is 48.2 Å². The fraction of sp³-hybridized carbons (Fsp3) is 1.00. The molecule has 1 saturated carbocycles. The maximum Gasteiger partial charge on any atom is 0.0418 e. The zero-order valence-corrected chi connectivity index (χ0v) is 17.4. The lowest BCUT2D eigenvalue weighted by atomic mass is 10.1. The average molecular weight is 600 g/mol. The largest absolute Gasteiger partial charge is 0.0878 e. The van der Waals surface area contributed by atoms with E-state index in [-0.39, 0.29) is 0 Å². The molecular weight excluding hydrogens is 588 g/mol. The summed E-state index contributed by atoms with van der Waals surface area (Å²) in [7, 11) is 0. The van der Waals surface area contributed by atoms with Gasteiger partial charge in [0, 0.05) is 29.0 Å². The second-order valence-electron chi connectivity index (χ2n) is 3.74. The Hall–Kier alpha value is 2.88. The Morgan fingerprint density at radius 2 is 0.867 bits per heavy atom. The minimum atomic E-state index is 0.407. The zero-order chi connectivity index (χ0) is 11.6. The van der Waals surface area contributed by atoms with Crippen molar-refractivity contribution in [2.75, 3.05) is 0 Å². The first kappa shape index (κ1) is 15.9. The van der Waals surface area contributed by atoms with Gasteiger partial charge in [-0.2, -0.15) is 0 Å². The lowest BCUT2D eigenvalue weighted by Gasteiger charge is -2.28. The van der Waals surface area contributed by atoms with Gasteiger partial charge in [-0.05, 0) is 12.8 Å². The van der Waals surface area contributed by atoms with Gasteiger partial charge < -0.3 is 0 Å². The summed E-state index contributed by atoms with van der Waals surface area (Å²) >= 11 is 22.6. The van der Waals surface area contributed by atoms with E-state index in [0.29, 0.717) is 29.0 Å². The fourth-order valence-corrected chi connectivity index (χ4v) is 7.10. The quantitative estimate of drug-likeness (QED) is 0.311. The molecule has 0 aromatic heterocycles. The van der Waals surface area contributed by atoms with Crippen molar-refractivity contribution in [3.8, 4) is 0 Å². The second kappa shape index (κ2) is 7.46. The molecule has 6 atom stereocenters. The molecule has 1 fully saturated rings. The summed E-state index contributed by atoms with van der Waals surface area (Å²) in [6.07, 6.45) is 3.66. The summed E-state index contributed by atoms with van der Waals surface area (Å²) in [5.74, 6) is 0. The van der Waals surface area contributed by atoms with E-state index >= 15 is 0 Å². The van der Waals surface area contributed by atoms with Gasteiger partial charge in [0.05, 0.1) is 0 Å². The Morgan fingerprint density at radius 1 is 0.533 bits per heavy atom. The zero-order valence-electron chi connectivity index (χ0n) is 7.85. The summed E-state index contributed by atoms with van der Waals surface area (Å²) in [4.78, 5) is 2.76. The molecule has 6 unspecified atom stereocenters. The molecule has 0 aromatic rings. The third kappa shape index (κ3) is 4.48. The van der Waals surface area contributed by atoms with Crippen LogP contribution in [0.25, 0.3) is 0 Å². The van der Waals surface area contributed by atoms with Crippen LogP contribution in [0.5, 0.6) is 0 Å². The van der Waals surface area contributed by atoms with Crippen LogP contribution < -0.4 is 0 Å². The van der Waals surface area contributed by atoms with Crippen LogP contribution in [0.3, 0.4) is 0 Å². The molecule has 1 rings (SSSR count). The van der Waals surface area contributed by atoms with Gasteiger partial charge in [0.25, 0.3) is 0 Å². The highest BCUT2D eigenvalue weighted by atomic mass is 79.9. The van der Waals surface area contributed by atoms with Crippen molar-refractivity contribution in [3.63, 3.8) is 0 Å². The molecule has 0 saturated heterocycles. The Balaban J connectivity index is 2.77. The van der Waals surface area contributed by atoms with Gasteiger partial charge in [0.2, 0.25) is 0 Å². The normalized spacial score (nSPS) is 49.2. The van der Waals surface area contributed by atoms with Crippen LogP contribution in [0, 0.1) is 0 Å². The average Bonchev–Trinajstić information content (AvgIpc) is 2.25. The Morgan fingerprint density at radius 3 is 1.20 bits per heavy atom. The Labute approximate surface area is 142 Å². The first-order valence-corrected chi connectivity index (χ1v) is 10.3. The van der Waals surface area contributed by atoms with E-state index in [4.69, 9.17) is 0 Å². The molecule has 0 N–H and O–H groups in total. The van der Waals surface area contributed by atoms with E-state index in [1.54, 1.807) is 0 Å². The lowest BCUT2D eigenvalue weighted by molar-refractivity contribution is 0.663. The molecule has 90 valence electrons. The van der Waals surface area contributed by atoms with Gasteiger partial charge >= 0.3 is 0 Å². The van der Waals surface area contributed by atoms with Crippen LogP contribution in [0.15, 0.2) is 0 Å². The van der Waals surface area contributed by atoms with Gasteiger partial charge in [-0.15, -0.1) is 0 Å². The Kier molecular flexibility index (Phi) is 7.93. The first-order chi connectivity index (χ1) is 6.95. The van der Waals surface area contributed by atoms with Crippen LogP contribution in [0.1, 0.15) is 19.3 Å². The number of hydrogen-bond acceptors (Lipinski definition) is 0. The molecule has 0 aromatic carbocycles. The predicted octanol–water partition coefficient (Wildman–Crippen LogP) is 5.75. The molecule has 0 amide bonds. The summed E-state index contributed by atoms with van der Waals surface area (Å²) in [6, 6.07) is 0. The number of halogens is 6. The van der Waals surface area contributed by atoms with Gasteiger partial charge in [0.1, 0.15) is 0 Å².